The first-order valence-electron chi connectivity index (χ1n) is 6.36. The van der Waals surface area contributed by atoms with Crippen LogP contribution in [0.4, 0.5) is 4.39 Å². The molecule has 7 heteroatoms. The first-order chi connectivity index (χ1) is 9.95. The van der Waals surface area contributed by atoms with Gasteiger partial charge in [-0.15, -0.1) is 0 Å². The van der Waals surface area contributed by atoms with E-state index in [1.54, 1.807) is 6.07 Å². The Morgan fingerprint density at radius 2 is 2.05 bits per heavy atom. The van der Waals surface area contributed by atoms with Crippen molar-refractivity contribution in [3.63, 3.8) is 0 Å². The zero-order chi connectivity index (χ0) is 15.8. The van der Waals surface area contributed by atoms with Crippen LogP contribution in [0, 0.1) is 5.82 Å². The molecular formula is C14H18FNO5. The van der Waals surface area contributed by atoms with Crippen LogP contribution in [0.3, 0.4) is 0 Å². The molecule has 1 unspecified atom stereocenters. The maximum Gasteiger partial charge on any atom is 0.323 e. The molecule has 1 atom stereocenters. The number of hydrogen-bond donors (Lipinski definition) is 1. The molecule has 0 spiro atoms. The molecule has 1 aromatic rings. The van der Waals surface area contributed by atoms with E-state index in [4.69, 9.17) is 14.6 Å². The molecule has 21 heavy (non-hydrogen) atoms. The third-order valence-corrected chi connectivity index (χ3v) is 2.69. The summed E-state index contributed by atoms with van der Waals surface area (Å²) >= 11 is 0. The summed E-state index contributed by atoms with van der Waals surface area (Å²) in [6, 6.07) is 5.70. The molecule has 0 fully saturated rings. The number of carboxylic acid groups (broad SMARTS) is 1. The number of carbonyl (C=O) groups is 2. The largest absolute Gasteiger partial charge is 0.480 e. The fraction of sp³-hybridized carbons (Fsp3) is 0.429. The molecule has 1 aromatic carbocycles. The van der Waals surface area contributed by atoms with Gasteiger partial charge in [-0.05, 0) is 19.1 Å². The first-order valence-corrected chi connectivity index (χ1v) is 6.36. The van der Waals surface area contributed by atoms with Gasteiger partial charge in [0.2, 0.25) is 0 Å². The van der Waals surface area contributed by atoms with Crippen molar-refractivity contribution in [3.8, 4) is 5.75 Å². The molecule has 6 nitrogen and oxygen atoms in total. The number of hydrogen-bond acceptors (Lipinski definition) is 4. The smallest absolute Gasteiger partial charge is 0.323 e. The molecule has 0 heterocycles. The van der Waals surface area contributed by atoms with Gasteiger partial charge in [0.15, 0.2) is 17.7 Å². The van der Waals surface area contributed by atoms with E-state index in [0.717, 1.165) is 4.90 Å². The Morgan fingerprint density at radius 1 is 1.38 bits per heavy atom. The van der Waals surface area contributed by atoms with Crippen LogP contribution in [-0.2, 0) is 14.3 Å². The van der Waals surface area contributed by atoms with Crippen LogP contribution in [0.25, 0.3) is 0 Å². The molecule has 116 valence electrons. The van der Waals surface area contributed by atoms with E-state index < -0.39 is 30.3 Å². The number of methoxy groups -OCH3 is 1. The van der Waals surface area contributed by atoms with Gasteiger partial charge in [0.1, 0.15) is 6.54 Å². The number of amides is 1. The summed E-state index contributed by atoms with van der Waals surface area (Å²) < 4.78 is 23.5. The van der Waals surface area contributed by atoms with Gasteiger partial charge < -0.3 is 19.5 Å². The second-order valence-electron chi connectivity index (χ2n) is 4.34. The van der Waals surface area contributed by atoms with E-state index in [2.05, 4.69) is 0 Å². The van der Waals surface area contributed by atoms with Crippen LogP contribution in [0.1, 0.15) is 6.92 Å². The molecular weight excluding hydrogens is 281 g/mol. The lowest BCUT2D eigenvalue weighted by Gasteiger charge is -2.24. The van der Waals surface area contributed by atoms with Crippen LogP contribution >= 0.6 is 0 Å². The van der Waals surface area contributed by atoms with E-state index >= 15 is 0 Å². The average molecular weight is 299 g/mol. The summed E-state index contributed by atoms with van der Waals surface area (Å²) in [6.07, 6.45) is -1.00. The summed E-state index contributed by atoms with van der Waals surface area (Å²) in [6.45, 7) is 1.29. The highest BCUT2D eigenvalue weighted by atomic mass is 19.1. The SMILES string of the molecule is COCCN(CC(=O)O)C(=O)C(C)Oc1ccccc1F. The highest BCUT2D eigenvalue weighted by Gasteiger charge is 2.24. The van der Waals surface area contributed by atoms with Crippen molar-refractivity contribution in [2.75, 3.05) is 26.8 Å². The Hall–Kier alpha value is -2.15. The normalized spacial score (nSPS) is 11.8. The number of nitrogens with zero attached hydrogens (tertiary/aromatic N) is 1. The summed E-state index contributed by atoms with van der Waals surface area (Å²) in [5.41, 5.74) is 0. The number of rotatable bonds is 8. The van der Waals surface area contributed by atoms with Crippen LogP contribution < -0.4 is 4.74 Å². The monoisotopic (exact) mass is 299 g/mol. The maximum atomic E-state index is 13.5. The Labute approximate surface area is 122 Å². The summed E-state index contributed by atoms with van der Waals surface area (Å²) in [5.74, 6) is -2.32. The number of carbonyl (C=O) groups excluding carboxylic acids is 1. The van der Waals surface area contributed by atoms with E-state index in [1.165, 1.54) is 32.2 Å². The Balaban J connectivity index is 2.73. The molecule has 1 rings (SSSR count). The number of para-hydroxylation sites is 1. The van der Waals surface area contributed by atoms with Gasteiger partial charge in [-0.1, -0.05) is 12.1 Å². The number of aliphatic carboxylic acids is 1. The number of benzene rings is 1. The van der Waals surface area contributed by atoms with Crippen LogP contribution in [0.5, 0.6) is 5.75 Å². The highest BCUT2D eigenvalue weighted by molar-refractivity contribution is 5.84. The van der Waals surface area contributed by atoms with Gasteiger partial charge in [0.05, 0.1) is 6.61 Å². The predicted octanol–water partition coefficient (Wildman–Crippen LogP) is 1.15. The molecule has 0 aliphatic heterocycles. The standard InChI is InChI=1S/C14H18FNO5/c1-10(21-12-6-4-3-5-11(12)15)14(19)16(7-8-20-2)9-13(17)18/h3-6,10H,7-9H2,1-2H3,(H,17,18). The highest BCUT2D eigenvalue weighted by Crippen LogP contribution is 2.17. The molecule has 1 amide bonds. The second kappa shape index (κ2) is 8.21. The Kier molecular flexibility index (Phi) is 6.61. The molecule has 0 radical (unpaired) electrons. The van der Waals surface area contributed by atoms with Crippen LogP contribution in [0.2, 0.25) is 0 Å². The molecule has 0 saturated carbocycles. The van der Waals surface area contributed by atoms with Crippen LogP contribution in [-0.4, -0.2) is 54.8 Å². The average Bonchev–Trinajstić information content (AvgIpc) is 2.44. The minimum atomic E-state index is -1.14. The van der Waals surface area contributed by atoms with Crippen molar-refractivity contribution in [1.29, 1.82) is 0 Å². The molecule has 0 aliphatic carbocycles. The van der Waals surface area contributed by atoms with Gasteiger partial charge in [-0.3, -0.25) is 9.59 Å². The lowest BCUT2D eigenvalue weighted by molar-refractivity contribution is -0.148. The fourth-order valence-electron chi connectivity index (χ4n) is 1.67. The summed E-state index contributed by atoms with van der Waals surface area (Å²) in [5, 5.41) is 8.81. The third-order valence-electron chi connectivity index (χ3n) is 2.69. The number of ether oxygens (including phenoxy) is 2. The van der Waals surface area contributed by atoms with Crippen molar-refractivity contribution in [2.24, 2.45) is 0 Å². The summed E-state index contributed by atoms with van der Waals surface area (Å²) in [7, 11) is 1.45. The fourth-order valence-corrected chi connectivity index (χ4v) is 1.67. The van der Waals surface area contributed by atoms with Crippen molar-refractivity contribution in [1.82, 2.24) is 4.90 Å². The van der Waals surface area contributed by atoms with E-state index in [-0.39, 0.29) is 18.9 Å². The van der Waals surface area contributed by atoms with E-state index in [1.807, 2.05) is 0 Å². The lowest BCUT2D eigenvalue weighted by Crippen LogP contribution is -2.44. The predicted molar refractivity (Wildman–Crippen MR) is 72.6 cm³/mol. The molecule has 0 bridgehead atoms. The topological polar surface area (TPSA) is 76.1 Å². The zero-order valence-electron chi connectivity index (χ0n) is 11.9. The first kappa shape index (κ1) is 16.9. The lowest BCUT2D eigenvalue weighted by atomic mass is 10.3. The molecule has 0 aromatic heterocycles. The molecule has 1 N–H and O–H groups in total. The Bertz CT molecular complexity index is 494. The van der Waals surface area contributed by atoms with Crippen molar-refractivity contribution < 1.29 is 28.6 Å². The minimum Gasteiger partial charge on any atom is -0.480 e. The Morgan fingerprint density at radius 3 is 2.62 bits per heavy atom. The zero-order valence-corrected chi connectivity index (χ0v) is 11.9. The van der Waals surface area contributed by atoms with Crippen molar-refractivity contribution >= 4 is 11.9 Å². The molecule has 0 aliphatic rings. The molecule has 0 saturated heterocycles. The van der Waals surface area contributed by atoms with E-state index in [9.17, 15) is 14.0 Å². The number of carboxylic acids is 1. The van der Waals surface area contributed by atoms with Crippen molar-refractivity contribution in [3.05, 3.63) is 30.1 Å². The van der Waals surface area contributed by atoms with Crippen LogP contribution in [0.15, 0.2) is 24.3 Å². The summed E-state index contributed by atoms with van der Waals surface area (Å²) in [4.78, 5) is 24.0. The van der Waals surface area contributed by atoms with Gasteiger partial charge in [0.25, 0.3) is 5.91 Å². The maximum absolute atomic E-state index is 13.5. The van der Waals surface area contributed by atoms with Gasteiger partial charge in [-0.25, -0.2) is 4.39 Å². The van der Waals surface area contributed by atoms with Gasteiger partial charge in [0, 0.05) is 13.7 Å². The van der Waals surface area contributed by atoms with Gasteiger partial charge in [-0.2, -0.15) is 0 Å². The third kappa shape index (κ3) is 5.39. The van der Waals surface area contributed by atoms with E-state index in [0.29, 0.717) is 0 Å². The second-order valence-corrected chi connectivity index (χ2v) is 4.34. The quantitative estimate of drug-likeness (QED) is 0.779. The minimum absolute atomic E-state index is 0.0552. The van der Waals surface area contributed by atoms with Gasteiger partial charge >= 0.3 is 5.97 Å². The number of halogens is 1. The van der Waals surface area contributed by atoms with Crippen molar-refractivity contribution in [2.45, 2.75) is 13.0 Å².